The first-order valence-corrected chi connectivity index (χ1v) is 11.0. The first kappa shape index (κ1) is 29.5. The summed E-state index contributed by atoms with van der Waals surface area (Å²) < 4.78 is 12.9. The summed E-state index contributed by atoms with van der Waals surface area (Å²) >= 11 is 0. The second-order valence-electron chi connectivity index (χ2n) is 7.61. The molecule has 1 aromatic rings. The number of hydrogen-bond donors (Lipinski definition) is 1. The molecule has 0 radical (unpaired) electrons. The quantitative estimate of drug-likeness (QED) is 0.419. The molecule has 29 heavy (non-hydrogen) atoms. The highest BCUT2D eigenvalue weighted by Crippen LogP contribution is 2.24. The van der Waals surface area contributed by atoms with Crippen LogP contribution in [0.3, 0.4) is 0 Å². The minimum atomic E-state index is -0.191. The van der Waals surface area contributed by atoms with Crippen molar-refractivity contribution >= 4 is 5.78 Å². The molecular weight excluding hydrogens is 361 g/mol. The lowest BCUT2D eigenvalue weighted by Gasteiger charge is -2.18. The van der Waals surface area contributed by atoms with E-state index in [1.807, 2.05) is 26.0 Å². The predicted octanol–water partition coefficient (Wildman–Crippen LogP) is 8.43. The number of allylic oxidation sites excluding steroid dienone is 3. The lowest BCUT2D eigenvalue weighted by molar-refractivity contribution is -0.120. The zero-order chi connectivity index (χ0) is 21.4. The topological polar surface area (TPSA) is 52.1 Å². The summed E-state index contributed by atoms with van der Waals surface area (Å²) in [4.78, 5) is 11.4. The van der Waals surface area contributed by atoms with E-state index in [2.05, 4.69) is 32.6 Å². The van der Waals surface area contributed by atoms with Crippen LogP contribution in [0, 0.1) is 17.7 Å². The lowest BCUT2D eigenvalue weighted by atomic mass is 9.88. The molecule has 166 valence electrons. The molecule has 2 nitrogen and oxygen atoms in total. The van der Waals surface area contributed by atoms with Crippen LogP contribution in [0.1, 0.15) is 91.0 Å². The van der Waals surface area contributed by atoms with E-state index < -0.39 is 0 Å². The first-order valence-electron chi connectivity index (χ1n) is 11.0. The SMILES string of the molecule is C=CCC(C/C=C/CCC(C)c1ccc(F)cc1)C(C)=O.CC.CC1CCC1.N. The average molecular weight is 406 g/mol. The monoisotopic (exact) mass is 405 g/mol. The van der Waals surface area contributed by atoms with Gasteiger partial charge in [-0.3, -0.25) is 4.79 Å². The summed E-state index contributed by atoms with van der Waals surface area (Å²) in [6.45, 7) is 13.8. The molecule has 0 heterocycles. The zero-order valence-electron chi connectivity index (χ0n) is 19.4. The Balaban J connectivity index is 0. The molecule has 2 rings (SSSR count). The minimum Gasteiger partial charge on any atom is -0.344 e. The van der Waals surface area contributed by atoms with Crippen LogP contribution < -0.4 is 6.15 Å². The molecule has 0 amide bonds. The maximum atomic E-state index is 12.9. The minimum absolute atomic E-state index is 0. The second-order valence-corrected chi connectivity index (χ2v) is 7.61. The van der Waals surface area contributed by atoms with Crippen LogP contribution >= 0.6 is 0 Å². The van der Waals surface area contributed by atoms with Gasteiger partial charge in [-0.2, -0.15) is 0 Å². The number of benzene rings is 1. The van der Waals surface area contributed by atoms with Crippen molar-refractivity contribution in [1.29, 1.82) is 0 Å². The van der Waals surface area contributed by atoms with Gasteiger partial charge in [0.05, 0.1) is 0 Å². The molecule has 2 unspecified atom stereocenters. The highest BCUT2D eigenvalue weighted by molar-refractivity contribution is 5.78. The second kappa shape index (κ2) is 18.3. The summed E-state index contributed by atoms with van der Waals surface area (Å²) in [5, 5.41) is 0. The van der Waals surface area contributed by atoms with Crippen molar-refractivity contribution in [2.24, 2.45) is 11.8 Å². The van der Waals surface area contributed by atoms with Gasteiger partial charge in [0, 0.05) is 5.92 Å². The van der Waals surface area contributed by atoms with Crippen molar-refractivity contribution in [2.45, 2.75) is 85.5 Å². The van der Waals surface area contributed by atoms with E-state index in [9.17, 15) is 9.18 Å². The van der Waals surface area contributed by atoms with Crippen molar-refractivity contribution in [3.63, 3.8) is 0 Å². The van der Waals surface area contributed by atoms with Crippen LogP contribution in [0.15, 0.2) is 49.1 Å². The van der Waals surface area contributed by atoms with Crippen LogP contribution in [-0.4, -0.2) is 5.78 Å². The summed E-state index contributed by atoms with van der Waals surface area (Å²) in [7, 11) is 0. The third-order valence-corrected chi connectivity index (χ3v) is 5.21. The molecule has 0 aromatic heterocycles. The maximum Gasteiger partial charge on any atom is 0.133 e. The molecule has 1 aliphatic carbocycles. The summed E-state index contributed by atoms with van der Waals surface area (Å²) in [5.41, 5.74) is 1.16. The Bertz CT molecular complexity index is 561. The van der Waals surface area contributed by atoms with Gasteiger partial charge in [-0.05, 0) is 62.1 Å². The fraction of sp³-hybridized carbons (Fsp3) is 0.577. The average Bonchev–Trinajstić information content (AvgIpc) is 2.67. The van der Waals surface area contributed by atoms with Gasteiger partial charge in [0.25, 0.3) is 0 Å². The van der Waals surface area contributed by atoms with E-state index in [1.165, 1.54) is 31.4 Å². The Morgan fingerprint density at radius 2 is 1.72 bits per heavy atom. The van der Waals surface area contributed by atoms with Crippen molar-refractivity contribution in [3.8, 4) is 0 Å². The van der Waals surface area contributed by atoms with Gasteiger partial charge in [0.1, 0.15) is 11.6 Å². The third-order valence-electron chi connectivity index (χ3n) is 5.21. The molecule has 1 fully saturated rings. The molecule has 0 spiro atoms. The van der Waals surface area contributed by atoms with Crippen molar-refractivity contribution in [2.75, 3.05) is 0 Å². The fourth-order valence-electron chi connectivity index (χ4n) is 2.92. The van der Waals surface area contributed by atoms with E-state index in [4.69, 9.17) is 0 Å². The Kier molecular flexibility index (Phi) is 18.6. The molecule has 1 aromatic carbocycles. The molecule has 0 bridgehead atoms. The van der Waals surface area contributed by atoms with E-state index in [-0.39, 0.29) is 23.7 Å². The van der Waals surface area contributed by atoms with Crippen LogP contribution in [-0.2, 0) is 4.79 Å². The van der Waals surface area contributed by atoms with Gasteiger partial charge < -0.3 is 6.15 Å². The number of hydrogen-bond acceptors (Lipinski definition) is 2. The molecule has 1 saturated carbocycles. The number of ketones is 1. The number of carbonyl (C=O) groups is 1. The van der Waals surface area contributed by atoms with Gasteiger partial charge in [-0.1, -0.05) is 77.3 Å². The number of carbonyl (C=O) groups excluding carboxylic acids is 1. The van der Waals surface area contributed by atoms with Gasteiger partial charge in [0.15, 0.2) is 0 Å². The van der Waals surface area contributed by atoms with Crippen LogP contribution in [0.5, 0.6) is 0 Å². The van der Waals surface area contributed by atoms with Crippen molar-refractivity contribution < 1.29 is 9.18 Å². The van der Waals surface area contributed by atoms with Gasteiger partial charge in [0.2, 0.25) is 0 Å². The van der Waals surface area contributed by atoms with Crippen LogP contribution in [0.4, 0.5) is 4.39 Å². The highest BCUT2D eigenvalue weighted by atomic mass is 19.1. The van der Waals surface area contributed by atoms with Crippen LogP contribution in [0.25, 0.3) is 0 Å². The molecule has 2 atom stereocenters. The van der Waals surface area contributed by atoms with Crippen LogP contribution in [0.2, 0.25) is 0 Å². The Morgan fingerprint density at radius 3 is 2.14 bits per heavy atom. The Hall–Kier alpha value is -1.74. The van der Waals surface area contributed by atoms with E-state index >= 15 is 0 Å². The van der Waals surface area contributed by atoms with E-state index in [0.717, 1.165) is 37.2 Å². The number of rotatable bonds is 9. The predicted molar refractivity (Wildman–Crippen MR) is 126 cm³/mol. The highest BCUT2D eigenvalue weighted by Gasteiger charge is 2.10. The van der Waals surface area contributed by atoms with Crippen molar-refractivity contribution in [1.82, 2.24) is 6.15 Å². The van der Waals surface area contributed by atoms with Gasteiger partial charge in [-0.25, -0.2) is 4.39 Å². The van der Waals surface area contributed by atoms with Crippen molar-refractivity contribution in [3.05, 3.63) is 60.5 Å². The molecule has 0 saturated heterocycles. The van der Waals surface area contributed by atoms with E-state index in [0.29, 0.717) is 5.92 Å². The molecule has 3 heteroatoms. The lowest BCUT2D eigenvalue weighted by Crippen LogP contribution is -2.08. The normalized spacial score (nSPS) is 14.8. The first-order chi connectivity index (χ1) is 13.4. The smallest absolute Gasteiger partial charge is 0.133 e. The molecule has 1 aliphatic rings. The van der Waals surface area contributed by atoms with E-state index in [1.54, 1.807) is 13.0 Å². The van der Waals surface area contributed by atoms with Gasteiger partial charge >= 0.3 is 0 Å². The third kappa shape index (κ3) is 14.0. The molecule has 3 N–H and O–H groups in total. The number of Topliss-reactive ketones (excluding diaryl/α,β-unsaturated/α-hetero) is 1. The fourth-order valence-corrected chi connectivity index (χ4v) is 2.92. The standard InChI is InChI=1S/C19H25FO.C5H10.C2H6.H3N/c1-4-8-18(16(3)21)10-7-5-6-9-15(2)17-11-13-19(20)14-12-17;1-5-3-2-4-5;1-2;/h4-5,7,11-15,18H,1,6,8-10H2,2-3H3;5H,2-4H2,1H3;1-2H3;1H3/b7-5+;;;. The summed E-state index contributed by atoms with van der Waals surface area (Å²) in [5.74, 6) is 1.57. The van der Waals surface area contributed by atoms with Gasteiger partial charge in [-0.15, -0.1) is 6.58 Å². The molecular formula is C26H44FNO. The maximum absolute atomic E-state index is 12.9. The largest absolute Gasteiger partial charge is 0.344 e. The number of halogens is 1. The zero-order valence-corrected chi connectivity index (χ0v) is 19.4. The Labute approximate surface area is 179 Å². The summed E-state index contributed by atoms with van der Waals surface area (Å²) in [6, 6.07) is 6.71. The Morgan fingerprint density at radius 1 is 1.17 bits per heavy atom. The summed E-state index contributed by atoms with van der Waals surface area (Å²) in [6.07, 6.45) is 14.0. The molecule has 0 aliphatic heterocycles.